The van der Waals surface area contributed by atoms with Gasteiger partial charge in [0.05, 0.1) is 21.5 Å². The van der Waals surface area contributed by atoms with Crippen LogP contribution in [0.15, 0.2) is 17.0 Å². The molecular weight excluding hydrogens is 309 g/mol. The molecule has 1 aromatic rings. The minimum atomic E-state index is -3.82. The Kier molecular flexibility index (Phi) is 4.61. The summed E-state index contributed by atoms with van der Waals surface area (Å²) < 4.78 is 28.1. The normalized spacial score (nSPS) is 16.8. The summed E-state index contributed by atoms with van der Waals surface area (Å²) >= 11 is 12.0. The van der Waals surface area contributed by atoms with Crippen LogP contribution in [0.4, 0.5) is 0 Å². The molecule has 2 N–H and O–H groups in total. The lowest BCUT2D eigenvalue weighted by Crippen LogP contribution is -2.13. The van der Waals surface area contributed by atoms with Crippen LogP contribution < -0.4 is 9.88 Å². The summed E-state index contributed by atoms with van der Waals surface area (Å²) in [5, 5.41) is 5.36. The fourth-order valence-corrected chi connectivity index (χ4v) is 3.51. The van der Waals surface area contributed by atoms with Gasteiger partial charge in [0.2, 0.25) is 10.0 Å². The van der Waals surface area contributed by atoms with Crippen molar-refractivity contribution in [2.75, 3.05) is 6.61 Å². The smallest absolute Gasteiger partial charge is 0.238 e. The van der Waals surface area contributed by atoms with E-state index < -0.39 is 10.0 Å². The first-order valence-electron chi connectivity index (χ1n) is 6.02. The molecule has 1 aliphatic carbocycles. The molecule has 0 radical (unpaired) electrons. The molecule has 1 aliphatic rings. The predicted octanol–water partition coefficient (Wildman–Crippen LogP) is 3.21. The van der Waals surface area contributed by atoms with Crippen LogP contribution in [0.25, 0.3) is 0 Å². The van der Waals surface area contributed by atoms with E-state index in [2.05, 4.69) is 0 Å². The van der Waals surface area contributed by atoms with Gasteiger partial charge in [0, 0.05) is 0 Å². The predicted molar refractivity (Wildman–Crippen MR) is 75.3 cm³/mol. The van der Waals surface area contributed by atoms with Crippen molar-refractivity contribution in [2.24, 2.45) is 11.1 Å². The summed E-state index contributed by atoms with van der Waals surface area (Å²) in [4.78, 5) is -0.115. The van der Waals surface area contributed by atoms with Crippen LogP contribution in [0.2, 0.25) is 10.0 Å². The zero-order valence-corrected chi connectivity index (χ0v) is 12.6. The highest BCUT2D eigenvalue weighted by molar-refractivity contribution is 7.89. The highest BCUT2D eigenvalue weighted by Gasteiger charge is 2.19. The zero-order chi connectivity index (χ0) is 14.0. The van der Waals surface area contributed by atoms with Crippen LogP contribution in [0.5, 0.6) is 5.75 Å². The quantitative estimate of drug-likeness (QED) is 0.924. The maximum absolute atomic E-state index is 11.2. The molecule has 1 fully saturated rings. The molecule has 0 amide bonds. The number of nitrogens with two attached hydrogens (primary N) is 1. The first-order valence-corrected chi connectivity index (χ1v) is 8.33. The van der Waals surface area contributed by atoms with Crippen LogP contribution >= 0.6 is 23.2 Å². The molecule has 19 heavy (non-hydrogen) atoms. The van der Waals surface area contributed by atoms with Crippen LogP contribution in [-0.4, -0.2) is 15.0 Å². The van der Waals surface area contributed by atoms with Gasteiger partial charge in [0.25, 0.3) is 0 Å². The van der Waals surface area contributed by atoms with Gasteiger partial charge in [-0.25, -0.2) is 13.6 Å². The van der Waals surface area contributed by atoms with E-state index in [9.17, 15) is 8.42 Å². The van der Waals surface area contributed by atoms with Crippen molar-refractivity contribution in [1.29, 1.82) is 0 Å². The molecule has 2 rings (SSSR count). The maximum atomic E-state index is 11.2. The van der Waals surface area contributed by atoms with Crippen LogP contribution in [0.1, 0.15) is 25.7 Å². The molecule has 4 nitrogen and oxygen atoms in total. The number of ether oxygens (including phenoxy) is 1. The van der Waals surface area contributed by atoms with Gasteiger partial charge in [-0.15, -0.1) is 0 Å². The summed E-state index contributed by atoms with van der Waals surface area (Å²) in [6.07, 6.45) is 4.73. The average molecular weight is 324 g/mol. The van der Waals surface area contributed by atoms with Gasteiger partial charge >= 0.3 is 0 Å². The molecule has 0 saturated heterocycles. The van der Waals surface area contributed by atoms with Crippen LogP contribution in [0, 0.1) is 5.92 Å². The monoisotopic (exact) mass is 323 g/mol. The lowest BCUT2D eigenvalue weighted by molar-refractivity contribution is 0.252. The standard InChI is InChI=1S/C12H15Cl2NO3S/c13-10-5-9(19(15,16)17)6-11(14)12(10)18-7-8-3-1-2-4-8/h5-6,8H,1-4,7H2,(H2,15,16,17). The summed E-state index contributed by atoms with van der Waals surface area (Å²) in [7, 11) is -3.82. The molecule has 7 heteroatoms. The molecule has 0 aliphatic heterocycles. The third-order valence-electron chi connectivity index (χ3n) is 3.24. The Morgan fingerprint density at radius 2 is 1.74 bits per heavy atom. The molecular formula is C12H15Cl2NO3S. The summed E-state index contributed by atoms with van der Waals surface area (Å²) in [6, 6.07) is 2.51. The van der Waals surface area contributed by atoms with E-state index in [4.69, 9.17) is 33.1 Å². The molecule has 0 bridgehead atoms. The van der Waals surface area contributed by atoms with E-state index in [1.165, 1.54) is 25.0 Å². The molecule has 0 aromatic heterocycles. The lowest BCUT2D eigenvalue weighted by Gasteiger charge is -2.14. The largest absolute Gasteiger partial charge is 0.490 e. The van der Waals surface area contributed by atoms with E-state index in [1.807, 2.05) is 0 Å². The zero-order valence-electron chi connectivity index (χ0n) is 10.2. The highest BCUT2D eigenvalue weighted by Crippen LogP contribution is 2.36. The summed E-state index contributed by atoms with van der Waals surface area (Å²) in [5.74, 6) is 0.840. The Hall–Kier alpha value is -0.490. The van der Waals surface area contributed by atoms with Crippen molar-refractivity contribution in [3.8, 4) is 5.75 Å². The number of sulfonamides is 1. The van der Waals surface area contributed by atoms with E-state index in [-0.39, 0.29) is 14.9 Å². The van der Waals surface area contributed by atoms with Gasteiger partial charge in [-0.05, 0) is 30.9 Å². The van der Waals surface area contributed by atoms with Crippen molar-refractivity contribution >= 4 is 33.2 Å². The van der Waals surface area contributed by atoms with Gasteiger partial charge in [-0.1, -0.05) is 36.0 Å². The number of rotatable bonds is 4. The lowest BCUT2D eigenvalue weighted by atomic mass is 10.1. The Morgan fingerprint density at radius 3 is 2.21 bits per heavy atom. The fourth-order valence-electron chi connectivity index (χ4n) is 2.22. The molecule has 1 saturated carbocycles. The molecule has 0 heterocycles. The number of hydrogen-bond donors (Lipinski definition) is 1. The number of hydrogen-bond acceptors (Lipinski definition) is 3. The van der Waals surface area contributed by atoms with E-state index >= 15 is 0 Å². The van der Waals surface area contributed by atoms with E-state index in [0.29, 0.717) is 18.3 Å². The fraction of sp³-hybridized carbons (Fsp3) is 0.500. The summed E-state index contributed by atoms with van der Waals surface area (Å²) in [5.41, 5.74) is 0. The number of benzene rings is 1. The van der Waals surface area contributed by atoms with Crippen LogP contribution in [0.3, 0.4) is 0 Å². The second kappa shape index (κ2) is 5.87. The molecule has 0 unspecified atom stereocenters. The number of halogens is 2. The van der Waals surface area contributed by atoms with Gasteiger partial charge in [0.15, 0.2) is 5.75 Å². The SMILES string of the molecule is NS(=O)(=O)c1cc(Cl)c(OCC2CCCC2)c(Cl)c1. The van der Waals surface area contributed by atoms with Crippen molar-refractivity contribution in [1.82, 2.24) is 0 Å². The van der Waals surface area contributed by atoms with Crippen LogP contribution in [-0.2, 0) is 10.0 Å². The molecule has 0 atom stereocenters. The minimum Gasteiger partial charge on any atom is -0.490 e. The molecule has 106 valence electrons. The first kappa shape index (κ1) is 14.9. The highest BCUT2D eigenvalue weighted by atomic mass is 35.5. The van der Waals surface area contributed by atoms with Gasteiger partial charge in [-0.3, -0.25) is 0 Å². The van der Waals surface area contributed by atoms with E-state index in [0.717, 1.165) is 12.8 Å². The Bertz CT molecular complexity index is 545. The molecule has 1 aromatic carbocycles. The third kappa shape index (κ3) is 3.75. The summed E-state index contributed by atoms with van der Waals surface area (Å²) in [6.45, 7) is 0.550. The van der Waals surface area contributed by atoms with Gasteiger partial charge < -0.3 is 4.74 Å². The van der Waals surface area contributed by atoms with Gasteiger partial charge in [-0.2, -0.15) is 0 Å². The third-order valence-corrected chi connectivity index (χ3v) is 4.69. The average Bonchev–Trinajstić information content (AvgIpc) is 2.79. The Morgan fingerprint density at radius 1 is 1.21 bits per heavy atom. The van der Waals surface area contributed by atoms with Crippen molar-refractivity contribution in [2.45, 2.75) is 30.6 Å². The topological polar surface area (TPSA) is 69.4 Å². The maximum Gasteiger partial charge on any atom is 0.238 e. The number of primary sulfonamides is 1. The Balaban J connectivity index is 2.17. The van der Waals surface area contributed by atoms with Crippen molar-refractivity contribution in [3.63, 3.8) is 0 Å². The van der Waals surface area contributed by atoms with Crippen molar-refractivity contribution in [3.05, 3.63) is 22.2 Å². The second-order valence-corrected chi connectivity index (χ2v) is 7.10. The Labute approximate surface area is 122 Å². The van der Waals surface area contributed by atoms with Crippen molar-refractivity contribution < 1.29 is 13.2 Å². The molecule has 0 spiro atoms. The second-order valence-electron chi connectivity index (χ2n) is 4.72. The van der Waals surface area contributed by atoms with E-state index in [1.54, 1.807) is 0 Å². The van der Waals surface area contributed by atoms with Gasteiger partial charge in [0.1, 0.15) is 0 Å². The minimum absolute atomic E-state index is 0.115. The first-order chi connectivity index (χ1) is 8.88.